The van der Waals surface area contributed by atoms with E-state index in [0.717, 1.165) is 18.4 Å². The highest BCUT2D eigenvalue weighted by Crippen LogP contribution is 2.26. The molecule has 0 aromatic heterocycles. The molecule has 0 aliphatic rings. The molecule has 0 aliphatic heterocycles. The number of hydrogen-bond acceptors (Lipinski definition) is 2. The van der Waals surface area contributed by atoms with Gasteiger partial charge in [-0.2, -0.15) is 0 Å². The highest BCUT2D eigenvalue weighted by molar-refractivity contribution is 5.91. The number of esters is 1. The molecular formula is C27H46O2. The van der Waals surface area contributed by atoms with Crippen molar-refractivity contribution in [3.05, 3.63) is 35.4 Å². The molecule has 2 heteroatoms. The molecule has 0 aliphatic carbocycles. The Kier molecular flexibility index (Phi) is 13.8. The number of carbonyl (C=O) groups is 1. The summed E-state index contributed by atoms with van der Waals surface area (Å²) < 4.78 is 5.53. The van der Waals surface area contributed by atoms with E-state index in [2.05, 4.69) is 27.7 Å². The summed E-state index contributed by atoms with van der Waals surface area (Å²) >= 11 is 0. The van der Waals surface area contributed by atoms with Crippen LogP contribution >= 0.6 is 0 Å². The van der Waals surface area contributed by atoms with Crippen molar-refractivity contribution in [2.75, 3.05) is 6.61 Å². The van der Waals surface area contributed by atoms with Crippen LogP contribution in [0.3, 0.4) is 0 Å². The first-order chi connectivity index (χ1) is 14.0. The summed E-state index contributed by atoms with van der Waals surface area (Å²) in [7, 11) is 0. The van der Waals surface area contributed by atoms with Crippen LogP contribution in [0.25, 0.3) is 0 Å². The zero-order valence-corrected chi connectivity index (χ0v) is 19.7. The van der Waals surface area contributed by atoms with Crippen molar-refractivity contribution in [2.45, 2.75) is 123 Å². The van der Waals surface area contributed by atoms with E-state index in [1.165, 1.54) is 77.0 Å². The fourth-order valence-corrected chi connectivity index (χ4v) is 3.85. The molecule has 0 saturated carbocycles. The first-order valence-corrected chi connectivity index (χ1v) is 12.2. The first-order valence-electron chi connectivity index (χ1n) is 12.2. The van der Waals surface area contributed by atoms with Gasteiger partial charge in [0, 0.05) is 0 Å². The lowest BCUT2D eigenvalue weighted by Crippen LogP contribution is -2.18. The molecule has 1 aromatic carbocycles. The summed E-state index contributed by atoms with van der Waals surface area (Å²) in [5.41, 5.74) is 1.72. The molecule has 0 N–H and O–H groups in total. The molecule has 0 atom stereocenters. The molecule has 166 valence electrons. The van der Waals surface area contributed by atoms with Crippen molar-refractivity contribution in [2.24, 2.45) is 0 Å². The summed E-state index contributed by atoms with van der Waals surface area (Å²) in [4.78, 5) is 12.4. The van der Waals surface area contributed by atoms with Crippen molar-refractivity contribution in [3.63, 3.8) is 0 Å². The second-order valence-electron chi connectivity index (χ2n) is 9.53. The van der Waals surface area contributed by atoms with Crippen LogP contribution in [0.4, 0.5) is 0 Å². The molecule has 0 heterocycles. The summed E-state index contributed by atoms with van der Waals surface area (Å²) in [6.07, 6.45) is 18.7. The second-order valence-corrected chi connectivity index (χ2v) is 9.53. The Morgan fingerprint density at radius 3 is 1.66 bits per heavy atom. The van der Waals surface area contributed by atoms with E-state index in [1.807, 2.05) is 24.3 Å². The van der Waals surface area contributed by atoms with Gasteiger partial charge in [-0.3, -0.25) is 0 Å². The maximum atomic E-state index is 12.4. The topological polar surface area (TPSA) is 26.3 Å². The minimum Gasteiger partial charge on any atom is -0.462 e. The van der Waals surface area contributed by atoms with Gasteiger partial charge in [0.05, 0.1) is 12.2 Å². The van der Waals surface area contributed by atoms with E-state index < -0.39 is 0 Å². The van der Waals surface area contributed by atoms with Gasteiger partial charge in [-0.15, -0.1) is 0 Å². The summed E-state index contributed by atoms with van der Waals surface area (Å²) in [6, 6.07) is 7.82. The number of benzene rings is 1. The van der Waals surface area contributed by atoms with Gasteiger partial charge >= 0.3 is 5.97 Å². The van der Waals surface area contributed by atoms with Crippen LogP contribution in [0.1, 0.15) is 134 Å². The normalized spacial score (nSPS) is 11.6. The predicted molar refractivity (Wildman–Crippen MR) is 126 cm³/mol. The molecule has 2 nitrogen and oxygen atoms in total. The van der Waals surface area contributed by atoms with Crippen molar-refractivity contribution in [1.29, 1.82) is 0 Å². The van der Waals surface area contributed by atoms with Gasteiger partial charge in [-0.25, -0.2) is 4.79 Å². The predicted octanol–water partition coefficient (Wildman–Crippen LogP) is 8.62. The van der Waals surface area contributed by atoms with E-state index in [0.29, 0.717) is 12.2 Å². The van der Waals surface area contributed by atoms with E-state index in [4.69, 9.17) is 4.74 Å². The molecule has 0 unspecified atom stereocenters. The number of hydrogen-bond donors (Lipinski definition) is 0. The van der Waals surface area contributed by atoms with E-state index in [9.17, 15) is 4.79 Å². The van der Waals surface area contributed by atoms with Crippen molar-refractivity contribution in [3.8, 4) is 0 Å². The smallest absolute Gasteiger partial charge is 0.338 e. The molecule has 29 heavy (non-hydrogen) atoms. The van der Waals surface area contributed by atoms with Gasteiger partial charge in [0.1, 0.15) is 0 Å². The molecule has 0 fully saturated rings. The van der Waals surface area contributed by atoms with Crippen molar-refractivity contribution in [1.82, 2.24) is 0 Å². The molecule has 0 saturated heterocycles. The Balaban J connectivity index is 2.00. The Labute approximate surface area is 180 Å². The third-order valence-corrected chi connectivity index (χ3v) is 5.69. The zero-order valence-electron chi connectivity index (χ0n) is 19.7. The third-order valence-electron chi connectivity index (χ3n) is 5.69. The fraction of sp³-hybridized carbons (Fsp3) is 0.741. The molecule has 0 bridgehead atoms. The number of ether oxygens (including phenoxy) is 1. The Morgan fingerprint density at radius 1 is 0.724 bits per heavy atom. The first kappa shape index (κ1) is 25.7. The van der Waals surface area contributed by atoms with Crippen LogP contribution in [0.15, 0.2) is 24.3 Å². The average Bonchev–Trinajstić information content (AvgIpc) is 2.70. The lowest BCUT2D eigenvalue weighted by atomic mass is 9.84. The van der Waals surface area contributed by atoms with E-state index >= 15 is 0 Å². The highest BCUT2D eigenvalue weighted by Gasteiger charge is 2.21. The number of carbonyl (C=O) groups excluding carboxylic acids is 1. The molecule has 1 rings (SSSR count). The largest absolute Gasteiger partial charge is 0.462 e. The summed E-state index contributed by atoms with van der Waals surface area (Å²) in [6.45, 7) is 9.21. The SMILES string of the molecule is CCCCCCCCCCCCCCCCOC(=O)c1ccccc1C(C)(C)C. The Bertz CT molecular complexity index is 542. The van der Waals surface area contributed by atoms with Crippen LogP contribution in [0.2, 0.25) is 0 Å². The van der Waals surface area contributed by atoms with Crippen molar-refractivity contribution >= 4 is 5.97 Å². The maximum Gasteiger partial charge on any atom is 0.338 e. The fourth-order valence-electron chi connectivity index (χ4n) is 3.85. The van der Waals surface area contributed by atoms with Crippen LogP contribution in [-0.2, 0) is 10.2 Å². The van der Waals surface area contributed by atoms with E-state index in [1.54, 1.807) is 0 Å². The van der Waals surface area contributed by atoms with Crippen LogP contribution < -0.4 is 0 Å². The zero-order chi connectivity index (χ0) is 21.4. The maximum absolute atomic E-state index is 12.4. The minimum atomic E-state index is -0.176. The van der Waals surface area contributed by atoms with Gasteiger partial charge in [0.25, 0.3) is 0 Å². The van der Waals surface area contributed by atoms with Gasteiger partial charge in [-0.05, 0) is 23.5 Å². The van der Waals surface area contributed by atoms with Crippen molar-refractivity contribution < 1.29 is 9.53 Å². The summed E-state index contributed by atoms with van der Waals surface area (Å²) in [5.74, 6) is -0.176. The molecule has 0 spiro atoms. The molecular weight excluding hydrogens is 356 g/mol. The monoisotopic (exact) mass is 402 g/mol. The standard InChI is InChI=1S/C27H46O2/c1-5-6-7-8-9-10-11-12-13-14-15-16-17-20-23-29-26(28)24-21-18-19-22-25(24)27(2,3)4/h18-19,21-22H,5-17,20,23H2,1-4H3. The second kappa shape index (κ2) is 15.5. The summed E-state index contributed by atoms with van der Waals surface area (Å²) in [5, 5.41) is 0. The number of rotatable bonds is 16. The van der Waals surface area contributed by atoms with Crippen LogP contribution in [0, 0.1) is 0 Å². The quantitative estimate of drug-likeness (QED) is 0.204. The lowest BCUT2D eigenvalue weighted by Gasteiger charge is -2.22. The van der Waals surface area contributed by atoms with Crippen LogP contribution in [-0.4, -0.2) is 12.6 Å². The molecule has 0 amide bonds. The van der Waals surface area contributed by atoms with Gasteiger partial charge in [0.15, 0.2) is 0 Å². The third kappa shape index (κ3) is 12.1. The van der Waals surface area contributed by atoms with Gasteiger partial charge in [0.2, 0.25) is 0 Å². The van der Waals surface area contributed by atoms with Crippen LogP contribution in [0.5, 0.6) is 0 Å². The molecule has 1 aromatic rings. The number of unbranched alkanes of at least 4 members (excludes halogenated alkanes) is 13. The van der Waals surface area contributed by atoms with Gasteiger partial charge < -0.3 is 4.74 Å². The Morgan fingerprint density at radius 2 is 1.17 bits per heavy atom. The minimum absolute atomic E-state index is 0.0509. The lowest BCUT2D eigenvalue weighted by molar-refractivity contribution is 0.0495. The Hall–Kier alpha value is -1.31. The highest BCUT2D eigenvalue weighted by atomic mass is 16.5. The van der Waals surface area contributed by atoms with Gasteiger partial charge in [-0.1, -0.05) is 129 Å². The average molecular weight is 403 g/mol. The molecule has 0 radical (unpaired) electrons. The van der Waals surface area contributed by atoms with E-state index in [-0.39, 0.29) is 11.4 Å².